The molecule has 1 fully saturated rings. The highest BCUT2D eigenvalue weighted by atomic mass is 16.7. The first kappa shape index (κ1) is 22.0. The van der Waals surface area contributed by atoms with Crippen LogP contribution in [0, 0.1) is 10.1 Å². The third-order valence-corrected chi connectivity index (χ3v) is 5.46. The predicted molar refractivity (Wildman–Crippen MR) is 115 cm³/mol. The fourth-order valence-corrected chi connectivity index (χ4v) is 3.76. The van der Waals surface area contributed by atoms with E-state index in [0.29, 0.717) is 18.9 Å². The summed E-state index contributed by atoms with van der Waals surface area (Å²) in [6.07, 6.45) is 0.783. The van der Waals surface area contributed by atoms with Gasteiger partial charge in [-0.25, -0.2) is 9.97 Å². The van der Waals surface area contributed by atoms with E-state index in [9.17, 15) is 10.1 Å². The lowest BCUT2D eigenvalue weighted by atomic mass is 10.1. The first-order valence-corrected chi connectivity index (χ1v) is 10.2. The van der Waals surface area contributed by atoms with Crippen LogP contribution < -0.4 is 19.7 Å². The average Bonchev–Trinajstić information content (AvgIpc) is 3.28. The minimum atomic E-state index is -0.548. The van der Waals surface area contributed by atoms with Gasteiger partial charge in [0.2, 0.25) is 18.4 Å². The molecule has 1 aromatic carbocycles. The van der Waals surface area contributed by atoms with Gasteiger partial charge >= 0.3 is 5.69 Å². The summed E-state index contributed by atoms with van der Waals surface area (Å²) < 4.78 is 21.1. The van der Waals surface area contributed by atoms with E-state index in [2.05, 4.69) is 20.2 Å². The molecule has 0 bridgehead atoms. The molecule has 172 valence electrons. The Hall–Kier alpha value is -3.22. The van der Waals surface area contributed by atoms with Crippen LogP contribution in [0.5, 0.6) is 11.5 Å². The highest BCUT2D eigenvalue weighted by Gasteiger charge is 2.29. The maximum absolute atomic E-state index is 11.8. The van der Waals surface area contributed by atoms with Crippen molar-refractivity contribution in [3.63, 3.8) is 0 Å². The van der Waals surface area contributed by atoms with E-state index in [1.54, 1.807) is 0 Å². The normalized spacial score (nSPS) is 15.9. The Balaban J connectivity index is 1.41. The third kappa shape index (κ3) is 4.82. The van der Waals surface area contributed by atoms with E-state index < -0.39 is 11.2 Å². The zero-order valence-electron chi connectivity index (χ0n) is 18.0. The largest absolute Gasteiger partial charge is 0.454 e. The van der Waals surface area contributed by atoms with Crippen molar-refractivity contribution >= 4 is 17.3 Å². The van der Waals surface area contributed by atoms with Crippen LogP contribution in [0.1, 0.15) is 5.56 Å². The van der Waals surface area contributed by atoms with Crippen LogP contribution in [0.15, 0.2) is 24.5 Å². The summed E-state index contributed by atoms with van der Waals surface area (Å²) in [7, 11) is 3.00. The molecule has 12 heteroatoms. The Labute approximate surface area is 185 Å². The highest BCUT2D eigenvalue weighted by Crippen LogP contribution is 2.34. The maximum Gasteiger partial charge on any atom is 0.353 e. The van der Waals surface area contributed by atoms with Crippen molar-refractivity contribution in [2.24, 2.45) is 0 Å². The summed E-state index contributed by atoms with van der Waals surface area (Å²) in [5.74, 6) is 1.98. The topological polar surface area (TPSA) is 124 Å². The molecule has 0 unspecified atom stereocenters. The zero-order valence-corrected chi connectivity index (χ0v) is 18.0. The molecule has 12 nitrogen and oxygen atoms in total. The molecule has 3 heterocycles. The van der Waals surface area contributed by atoms with Gasteiger partial charge in [-0.3, -0.25) is 15.0 Å². The number of aromatic nitrogens is 2. The van der Waals surface area contributed by atoms with Gasteiger partial charge in [0.25, 0.3) is 0 Å². The van der Waals surface area contributed by atoms with Crippen molar-refractivity contribution in [1.29, 1.82) is 0 Å². The Morgan fingerprint density at radius 2 is 1.91 bits per heavy atom. The first-order chi connectivity index (χ1) is 15.6. The van der Waals surface area contributed by atoms with E-state index in [4.69, 9.17) is 18.9 Å². The molecule has 2 aromatic rings. The van der Waals surface area contributed by atoms with E-state index in [1.165, 1.54) is 20.5 Å². The Bertz CT molecular complexity index is 948. The van der Waals surface area contributed by atoms with Gasteiger partial charge in [-0.2, -0.15) is 0 Å². The Kier molecular flexibility index (Phi) is 6.83. The molecule has 0 saturated carbocycles. The van der Waals surface area contributed by atoms with Gasteiger partial charge in [-0.05, 0) is 17.7 Å². The Morgan fingerprint density at radius 3 is 2.62 bits per heavy atom. The van der Waals surface area contributed by atoms with Crippen molar-refractivity contribution in [3.8, 4) is 11.5 Å². The fraction of sp³-hybridized carbons (Fsp3) is 0.500. The van der Waals surface area contributed by atoms with Crippen LogP contribution >= 0.6 is 0 Å². The number of rotatable bonds is 9. The molecule has 0 atom stereocenters. The number of nitrogens with one attached hydrogen (secondary N) is 1. The second-order valence-corrected chi connectivity index (χ2v) is 7.38. The number of ether oxygens (including phenoxy) is 4. The van der Waals surface area contributed by atoms with Gasteiger partial charge in [0.15, 0.2) is 17.8 Å². The van der Waals surface area contributed by atoms with Crippen LogP contribution in [0.4, 0.5) is 17.3 Å². The Morgan fingerprint density at radius 1 is 1.16 bits per heavy atom. The van der Waals surface area contributed by atoms with Crippen molar-refractivity contribution in [3.05, 3.63) is 40.2 Å². The molecule has 2 aliphatic heterocycles. The van der Waals surface area contributed by atoms with E-state index in [-0.39, 0.29) is 24.8 Å². The fourth-order valence-electron chi connectivity index (χ4n) is 3.76. The molecule has 1 aromatic heterocycles. The van der Waals surface area contributed by atoms with E-state index in [1.807, 2.05) is 23.1 Å². The number of fused-ring (bicyclic) bond motifs is 1. The predicted octanol–water partition coefficient (Wildman–Crippen LogP) is 1.47. The van der Waals surface area contributed by atoms with Gasteiger partial charge in [0.05, 0.1) is 11.5 Å². The third-order valence-electron chi connectivity index (χ3n) is 5.46. The van der Waals surface area contributed by atoms with Crippen LogP contribution in [-0.2, 0) is 16.0 Å². The van der Waals surface area contributed by atoms with Crippen LogP contribution in [0.25, 0.3) is 0 Å². The van der Waals surface area contributed by atoms with Crippen molar-refractivity contribution in [2.45, 2.75) is 12.8 Å². The minimum absolute atomic E-state index is 0.141. The second-order valence-electron chi connectivity index (χ2n) is 7.38. The minimum Gasteiger partial charge on any atom is -0.454 e. The molecule has 1 N–H and O–H groups in total. The summed E-state index contributed by atoms with van der Waals surface area (Å²) in [6, 6.07) is 5.94. The molecule has 0 radical (unpaired) electrons. The summed E-state index contributed by atoms with van der Waals surface area (Å²) in [5.41, 5.74) is 0.982. The van der Waals surface area contributed by atoms with Crippen molar-refractivity contribution in [1.82, 2.24) is 14.9 Å². The van der Waals surface area contributed by atoms with Crippen LogP contribution in [0.2, 0.25) is 0 Å². The van der Waals surface area contributed by atoms with Crippen LogP contribution in [0.3, 0.4) is 0 Å². The highest BCUT2D eigenvalue weighted by molar-refractivity contribution is 5.70. The van der Waals surface area contributed by atoms with Gasteiger partial charge in [-0.15, -0.1) is 0 Å². The number of nitrogens with zero attached hydrogens (tertiary/aromatic N) is 5. The lowest BCUT2D eigenvalue weighted by Crippen LogP contribution is -2.46. The number of hydrogen-bond acceptors (Lipinski definition) is 11. The number of methoxy groups -OCH3 is 2. The van der Waals surface area contributed by atoms with Gasteiger partial charge in [0, 0.05) is 46.9 Å². The molecule has 2 aliphatic rings. The summed E-state index contributed by atoms with van der Waals surface area (Å²) in [4.78, 5) is 23.9. The van der Waals surface area contributed by atoms with Gasteiger partial charge in [0.1, 0.15) is 6.33 Å². The molecule has 1 saturated heterocycles. The number of nitro groups is 1. The molecular formula is C20H26N6O6. The number of anilines is 2. The number of benzene rings is 1. The molecule has 4 rings (SSSR count). The summed E-state index contributed by atoms with van der Waals surface area (Å²) >= 11 is 0. The molecule has 0 aliphatic carbocycles. The van der Waals surface area contributed by atoms with Gasteiger partial charge < -0.3 is 29.2 Å². The van der Waals surface area contributed by atoms with Gasteiger partial charge in [-0.1, -0.05) is 6.07 Å². The quantitative estimate of drug-likeness (QED) is 0.342. The summed E-state index contributed by atoms with van der Waals surface area (Å²) in [6.45, 7) is 3.94. The second kappa shape index (κ2) is 9.94. The standard InChI is InChI=1S/C20H26N6O6/c1-29-17(30-2)10-21-19-18(26(27)28)20(23-12-22-19)25-7-5-24(6-8-25)11-14-3-4-15-16(9-14)32-13-31-15/h3-4,9,12,17H,5-8,10-11,13H2,1-2H3,(H,21,22,23). The molecular weight excluding hydrogens is 420 g/mol. The van der Waals surface area contributed by atoms with Crippen LogP contribution in [-0.4, -0.2) is 79.8 Å². The smallest absolute Gasteiger partial charge is 0.353 e. The summed E-state index contributed by atoms with van der Waals surface area (Å²) in [5, 5.41) is 14.8. The first-order valence-electron chi connectivity index (χ1n) is 10.2. The number of hydrogen-bond donors (Lipinski definition) is 1. The SMILES string of the molecule is COC(CNc1ncnc(N2CCN(Cc3ccc4c(c3)OCO4)CC2)c1[N+](=O)[O-])OC. The van der Waals surface area contributed by atoms with Crippen molar-refractivity contribution in [2.75, 3.05) is 64.0 Å². The maximum atomic E-state index is 11.8. The average molecular weight is 446 g/mol. The van der Waals surface area contributed by atoms with E-state index >= 15 is 0 Å². The lowest BCUT2D eigenvalue weighted by Gasteiger charge is -2.35. The monoisotopic (exact) mass is 446 g/mol. The lowest BCUT2D eigenvalue weighted by molar-refractivity contribution is -0.383. The van der Waals surface area contributed by atoms with Crippen molar-refractivity contribution < 1.29 is 23.9 Å². The zero-order chi connectivity index (χ0) is 22.5. The van der Waals surface area contributed by atoms with E-state index in [0.717, 1.165) is 36.7 Å². The number of piperazine rings is 1. The molecule has 32 heavy (non-hydrogen) atoms. The molecule has 0 amide bonds. The molecule has 0 spiro atoms.